The second-order valence-electron chi connectivity index (χ2n) is 4.34. The van der Waals surface area contributed by atoms with Crippen LogP contribution in [0.25, 0.3) is 0 Å². The Morgan fingerprint density at radius 2 is 2.00 bits per heavy atom. The van der Waals surface area contributed by atoms with Crippen LogP contribution in [-0.4, -0.2) is 35.5 Å². The Morgan fingerprint density at radius 1 is 1.47 bits per heavy atom. The van der Waals surface area contributed by atoms with Crippen LogP contribution < -0.4 is 0 Å². The Bertz CT molecular complexity index is 269. The zero-order valence-corrected chi connectivity index (χ0v) is 9.87. The van der Waals surface area contributed by atoms with Gasteiger partial charge in [0.05, 0.1) is 12.3 Å². The van der Waals surface area contributed by atoms with Crippen LogP contribution in [0.4, 0.5) is 0 Å². The molecule has 4 nitrogen and oxygen atoms in total. The van der Waals surface area contributed by atoms with Crippen LogP contribution in [0.15, 0.2) is 0 Å². The number of hydrogen-bond donors (Lipinski definition) is 0. The maximum atomic E-state index is 12.1. The highest BCUT2D eigenvalue weighted by Gasteiger charge is 2.47. The quantitative estimate of drug-likeness (QED) is 0.662. The predicted octanol–water partition coefficient (Wildman–Crippen LogP) is 1.20. The van der Waals surface area contributed by atoms with E-state index in [1.54, 1.807) is 18.7 Å². The van der Waals surface area contributed by atoms with Crippen LogP contribution in [0, 0.1) is 5.92 Å². The van der Waals surface area contributed by atoms with Crippen molar-refractivity contribution in [2.75, 3.05) is 13.1 Å². The molecule has 0 aromatic carbocycles. The number of cyclic esters (lactones) is 1. The van der Waals surface area contributed by atoms with Crippen molar-refractivity contribution in [2.45, 2.75) is 39.7 Å². The fourth-order valence-electron chi connectivity index (χ4n) is 1.96. The van der Waals surface area contributed by atoms with E-state index in [9.17, 15) is 9.59 Å². The maximum Gasteiger partial charge on any atom is 0.307 e. The van der Waals surface area contributed by atoms with Gasteiger partial charge in [0.1, 0.15) is 5.60 Å². The molecule has 1 heterocycles. The summed E-state index contributed by atoms with van der Waals surface area (Å²) in [5, 5.41) is 0. The number of rotatable bonds is 3. The third-order valence-corrected chi connectivity index (χ3v) is 2.96. The summed E-state index contributed by atoms with van der Waals surface area (Å²) in [6.45, 7) is 8.82. The van der Waals surface area contributed by atoms with Gasteiger partial charge in [0.2, 0.25) is 5.91 Å². The molecule has 1 rings (SSSR count). The topological polar surface area (TPSA) is 46.6 Å². The minimum absolute atomic E-state index is 0.0239. The normalized spacial score (nSPS) is 23.7. The molecule has 0 radical (unpaired) electrons. The molecule has 4 heteroatoms. The number of ether oxygens (including phenoxy) is 1. The minimum atomic E-state index is -0.656. The van der Waals surface area contributed by atoms with E-state index in [4.69, 9.17) is 4.74 Å². The Balaban J connectivity index is 2.79. The van der Waals surface area contributed by atoms with Crippen LogP contribution in [-0.2, 0) is 14.3 Å². The van der Waals surface area contributed by atoms with Gasteiger partial charge >= 0.3 is 5.97 Å². The third-order valence-electron chi connectivity index (χ3n) is 2.96. The lowest BCUT2D eigenvalue weighted by Crippen LogP contribution is -2.43. The van der Waals surface area contributed by atoms with Gasteiger partial charge in [-0.25, -0.2) is 0 Å². The number of amides is 1. The predicted molar refractivity (Wildman–Crippen MR) is 56.2 cm³/mol. The molecule has 0 saturated carbocycles. The first-order chi connectivity index (χ1) is 6.92. The SMILES string of the molecule is CCN(CC)C(=O)[C@@H]1CC(=O)OC1(C)C. The first kappa shape index (κ1) is 12.0. The van der Waals surface area contributed by atoms with E-state index in [1.165, 1.54) is 0 Å². The molecule has 0 bridgehead atoms. The van der Waals surface area contributed by atoms with E-state index in [0.717, 1.165) is 0 Å². The fraction of sp³-hybridized carbons (Fsp3) is 0.818. The molecule has 0 aromatic heterocycles. The average Bonchev–Trinajstić information content (AvgIpc) is 2.41. The van der Waals surface area contributed by atoms with E-state index < -0.39 is 5.60 Å². The van der Waals surface area contributed by atoms with Crippen molar-refractivity contribution in [3.05, 3.63) is 0 Å². The van der Waals surface area contributed by atoms with Crippen molar-refractivity contribution in [1.29, 1.82) is 0 Å². The molecular formula is C11H19NO3. The highest BCUT2D eigenvalue weighted by molar-refractivity contribution is 5.87. The molecule has 0 aliphatic carbocycles. The average molecular weight is 213 g/mol. The summed E-state index contributed by atoms with van der Waals surface area (Å²) in [4.78, 5) is 25.0. The van der Waals surface area contributed by atoms with Gasteiger partial charge in [0.15, 0.2) is 0 Å². The second-order valence-corrected chi connectivity index (χ2v) is 4.34. The summed E-state index contributed by atoms with van der Waals surface area (Å²) >= 11 is 0. The van der Waals surface area contributed by atoms with Crippen molar-refractivity contribution < 1.29 is 14.3 Å². The molecule has 1 saturated heterocycles. The van der Waals surface area contributed by atoms with E-state index in [2.05, 4.69) is 0 Å². The summed E-state index contributed by atoms with van der Waals surface area (Å²) in [5.41, 5.74) is -0.656. The summed E-state index contributed by atoms with van der Waals surface area (Å²) in [5.74, 6) is -0.578. The van der Waals surface area contributed by atoms with Gasteiger partial charge in [-0.3, -0.25) is 9.59 Å². The molecule has 0 N–H and O–H groups in total. The number of nitrogens with zero attached hydrogens (tertiary/aromatic N) is 1. The Morgan fingerprint density at radius 3 is 2.33 bits per heavy atom. The lowest BCUT2D eigenvalue weighted by Gasteiger charge is -2.28. The molecule has 15 heavy (non-hydrogen) atoms. The van der Waals surface area contributed by atoms with Crippen LogP contribution >= 0.6 is 0 Å². The van der Waals surface area contributed by atoms with E-state index in [0.29, 0.717) is 13.1 Å². The first-order valence-corrected chi connectivity index (χ1v) is 5.43. The first-order valence-electron chi connectivity index (χ1n) is 5.43. The molecule has 0 aromatic rings. The van der Waals surface area contributed by atoms with Crippen molar-refractivity contribution in [3.63, 3.8) is 0 Å². The second kappa shape index (κ2) is 4.21. The van der Waals surface area contributed by atoms with Crippen LogP contribution in [0.2, 0.25) is 0 Å². The Hall–Kier alpha value is -1.06. The van der Waals surface area contributed by atoms with Gasteiger partial charge in [0.25, 0.3) is 0 Å². The molecule has 0 spiro atoms. The zero-order valence-electron chi connectivity index (χ0n) is 9.87. The van der Waals surface area contributed by atoms with Crippen molar-refractivity contribution in [3.8, 4) is 0 Å². The maximum absolute atomic E-state index is 12.1. The van der Waals surface area contributed by atoms with E-state index >= 15 is 0 Å². The number of carbonyl (C=O) groups excluding carboxylic acids is 2. The minimum Gasteiger partial charge on any atom is -0.459 e. The molecule has 1 atom stereocenters. The van der Waals surface area contributed by atoms with Crippen LogP contribution in [0.1, 0.15) is 34.1 Å². The molecular weight excluding hydrogens is 194 g/mol. The number of hydrogen-bond acceptors (Lipinski definition) is 3. The smallest absolute Gasteiger partial charge is 0.307 e. The van der Waals surface area contributed by atoms with Gasteiger partial charge in [-0.05, 0) is 27.7 Å². The lowest BCUT2D eigenvalue weighted by molar-refractivity contribution is -0.148. The molecule has 1 aliphatic heterocycles. The van der Waals surface area contributed by atoms with Crippen LogP contribution in [0.5, 0.6) is 0 Å². The van der Waals surface area contributed by atoms with Gasteiger partial charge < -0.3 is 9.64 Å². The number of esters is 1. The van der Waals surface area contributed by atoms with E-state index in [-0.39, 0.29) is 24.2 Å². The summed E-state index contributed by atoms with van der Waals surface area (Å²) in [6.07, 6.45) is 0.211. The lowest BCUT2D eigenvalue weighted by atomic mass is 9.89. The van der Waals surface area contributed by atoms with Crippen molar-refractivity contribution in [1.82, 2.24) is 4.90 Å². The van der Waals surface area contributed by atoms with Crippen LogP contribution in [0.3, 0.4) is 0 Å². The fourth-order valence-corrected chi connectivity index (χ4v) is 1.96. The largest absolute Gasteiger partial charge is 0.459 e. The summed E-state index contributed by atoms with van der Waals surface area (Å²) in [7, 11) is 0. The third kappa shape index (κ3) is 2.30. The van der Waals surface area contributed by atoms with E-state index in [1.807, 2.05) is 13.8 Å². The standard InChI is InChI=1S/C11H19NO3/c1-5-12(6-2)10(14)8-7-9(13)15-11(8,3)4/h8H,5-7H2,1-4H3/t8-/m0/s1. The number of carbonyl (C=O) groups is 2. The van der Waals surface area contributed by atoms with Gasteiger partial charge in [-0.15, -0.1) is 0 Å². The zero-order chi connectivity index (χ0) is 11.6. The molecule has 0 unspecified atom stereocenters. The highest BCUT2D eigenvalue weighted by Crippen LogP contribution is 2.33. The van der Waals surface area contributed by atoms with Gasteiger partial charge in [-0.1, -0.05) is 0 Å². The Labute approximate surface area is 90.6 Å². The molecule has 1 amide bonds. The van der Waals surface area contributed by atoms with Crippen molar-refractivity contribution in [2.24, 2.45) is 5.92 Å². The molecule has 1 aliphatic rings. The molecule has 86 valence electrons. The monoisotopic (exact) mass is 213 g/mol. The highest BCUT2D eigenvalue weighted by atomic mass is 16.6. The molecule has 1 fully saturated rings. The van der Waals surface area contributed by atoms with Gasteiger partial charge in [0, 0.05) is 13.1 Å². The van der Waals surface area contributed by atoms with Gasteiger partial charge in [-0.2, -0.15) is 0 Å². The summed E-state index contributed by atoms with van der Waals surface area (Å²) < 4.78 is 5.14. The Kier molecular flexibility index (Phi) is 3.37. The van der Waals surface area contributed by atoms with Crippen molar-refractivity contribution >= 4 is 11.9 Å². The summed E-state index contributed by atoms with van der Waals surface area (Å²) in [6, 6.07) is 0.